The molecule has 0 saturated carbocycles. The van der Waals surface area contributed by atoms with Gasteiger partial charge in [0, 0.05) is 12.1 Å². The van der Waals surface area contributed by atoms with Gasteiger partial charge in [-0.3, -0.25) is 4.79 Å². The highest BCUT2D eigenvalue weighted by Gasteiger charge is 2.07. The van der Waals surface area contributed by atoms with E-state index < -0.39 is 6.10 Å². The van der Waals surface area contributed by atoms with Gasteiger partial charge in [-0.1, -0.05) is 18.2 Å². The van der Waals surface area contributed by atoms with E-state index in [1.807, 2.05) is 0 Å². The summed E-state index contributed by atoms with van der Waals surface area (Å²) in [4.78, 5) is 11.9. The second kappa shape index (κ2) is 7.56. The van der Waals surface area contributed by atoms with Gasteiger partial charge in [0.1, 0.15) is 18.2 Å². The first-order valence-electron chi connectivity index (χ1n) is 6.98. The smallest absolute Gasteiger partial charge is 0.251 e. The number of benzene rings is 2. The molecule has 0 heterocycles. The number of hydrogen-bond acceptors (Lipinski definition) is 3. The largest absolute Gasteiger partial charge is 0.489 e. The molecule has 2 rings (SSSR count). The van der Waals surface area contributed by atoms with Gasteiger partial charge in [0.15, 0.2) is 0 Å². The maximum absolute atomic E-state index is 13.1. The molecule has 4 nitrogen and oxygen atoms in total. The number of aliphatic hydroxyl groups is 1. The van der Waals surface area contributed by atoms with E-state index in [9.17, 15) is 9.18 Å². The zero-order valence-electron chi connectivity index (χ0n) is 12.3. The Labute approximate surface area is 128 Å². The van der Waals surface area contributed by atoms with Crippen LogP contribution in [-0.4, -0.2) is 23.7 Å². The molecule has 0 aliphatic carbocycles. The van der Waals surface area contributed by atoms with Crippen molar-refractivity contribution >= 4 is 5.91 Å². The molecule has 0 fully saturated rings. The predicted molar refractivity (Wildman–Crippen MR) is 81.2 cm³/mol. The van der Waals surface area contributed by atoms with Gasteiger partial charge in [-0.25, -0.2) is 4.39 Å². The average molecular weight is 303 g/mol. The molecule has 0 bridgehead atoms. The molecule has 5 heteroatoms. The number of halogens is 1. The molecule has 0 spiro atoms. The number of amides is 1. The quantitative estimate of drug-likeness (QED) is 0.862. The summed E-state index contributed by atoms with van der Waals surface area (Å²) in [7, 11) is 0. The minimum Gasteiger partial charge on any atom is -0.489 e. The van der Waals surface area contributed by atoms with Gasteiger partial charge in [-0.05, 0) is 42.8 Å². The van der Waals surface area contributed by atoms with Crippen LogP contribution in [0.4, 0.5) is 4.39 Å². The third-order valence-corrected chi connectivity index (χ3v) is 2.95. The lowest BCUT2D eigenvalue weighted by molar-refractivity contribution is 0.0923. The highest BCUT2D eigenvalue weighted by Crippen LogP contribution is 2.15. The molecule has 22 heavy (non-hydrogen) atoms. The van der Waals surface area contributed by atoms with E-state index in [0.29, 0.717) is 16.9 Å². The average Bonchev–Trinajstić information content (AvgIpc) is 2.51. The van der Waals surface area contributed by atoms with E-state index in [4.69, 9.17) is 9.84 Å². The molecular formula is C17H18FNO3. The van der Waals surface area contributed by atoms with E-state index in [1.54, 1.807) is 43.3 Å². The highest BCUT2D eigenvalue weighted by atomic mass is 19.1. The highest BCUT2D eigenvalue weighted by molar-refractivity contribution is 5.94. The minimum atomic E-state index is -0.601. The van der Waals surface area contributed by atoms with Crippen LogP contribution in [0.15, 0.2) is 48.5 Å². The van der Waals surface area contributed by atoms with Crippen molar-refractivity contribution in [1.29, 1.82) is 0 Å². The fourth-order valence-corrected chi connectivity index (χ4v) is 1.86. The van der Waals surface area contributed by atoms with Gasteiger partial charge >= 0.3 is 0 Å². The van der Waals surface area contributed by atoms with Crippen LogP contribution in [0, 0.1) is 5.82 Å². The summed E-state index contributed by atoms with van der Waals surface area (Å²) in [5.41, 5.74) is 1.15. The van der Waals surface area contributed by atoms with Gasteiger partial charge < -0.3 is 15.2 Å². The van der Waals surface area contributed by atoms with Crippen molar-refractivity contribution in [2.24, 2.45) is 0 Å². The van der Waals surface area contributed by atoms with Crippen molar-refractivity contribution in [1.82, 2.24) is 5.32 Å². The summed E-state index contributed by atoms with van der Waals surface area (Å²) in [6.07, 6.45) is -0.601. The van der Waals surface area contributed by atoms with E-state index in [-0.39, 0.29) is 24.9 Å². The molecule has 2 N–H and O–H groups in total. The summed E-state index contributed by atoms with van der Waals surface area (Å²) in [6, 6.07) is 12.9. The second-order valence-electron chi connectivity index (χ2n) is 5.01. The molecule has 0 radical (unpaired) electrons. The molecular weight excluding hydrogens is 285 g/mol. The van der Waals surface area contributed by atoms with Gasteiger partial charge in [-0.2, -0.15) is 0 Å². The van der Waals surface area contributed by atoms with E-state index in [0.717, 1.165) is 0 Å². The second-order valence-corrected chi connectivity index (χ2v) is 5.01. The number of ether oxygens (including phenoxy) is 1. The molecule has 1 amide bonds. The Bertz CT molecular complexity index is 643. The Balaban J connectivity index is 1.97. The molecule has 0 aliphatic heterocycles. The first-order chi connectivity index (χ1) is 10.5. The molecule has 2 aromatic carbocycles. The summed E-state index contributed by atoms with van der Waals surface area (Å²) in [5.74, 6) is -0.0709. The summed E-state index contributed by atoms with van der Waals surface area (Å²) >= 11 is 0. The Morgan fingerprint density at radius 1 is 1.27 bits per heavy atom. The van der Waals surface area contributed by atoms with Gasteiger partial charge in [0.05, 0.1) is 6.10 Å². The molecule has 1 atom stereocenters. The summed E-state index contributed by atoms with van der Waals surface area (Å²) < 4.78 is 18.7. The van der Waals surface area contributed by atoms with Crippen LogP contribution >= 0.6 is 0 Å². The van der Waals surface area contributed by atoms with Crippen molar-refractivity contribution in [2.45, 2.75) is 19.6 Å². The van der Waals surface area contributed by atoms with Crippen LogP contribution in [0.5, 0.6) is 5.75 Å². The van der Waals surface area contributed by atoms with Crippen LogP contribution < -0.4 is 10.1 Å². The van der Waals surface area contributed by atoms with Crippen molar-refractivity contribution in [3.05, 3.63) is 65.5 Å². The topological polar surface area (TPSA) is 58.6 Å². The van der Waals surface area contributed by atoms with Gasteiger partial charge in [-0.15, -0.1) is 0 Å². The maximum Gasteiger partial charge on any atom is 0.251 e. The first-order valence-corrected chi connectivity index (χ1v) is 6.98. The lowest BCUT2D eigenvalue weighted by Crippen LogP contribution is -2.30. The Morgan fingerprint density at radius 2 is 2.05 bits per heavy atom. The van der Waals surface area contributed by atoms with Crippen molar-refractivity contribution in [3.63, 3.8) is 0 Å². The number of carbonyl (C=O) groups excluding carboxylic acids is 1. The van der Waals surface area contributed by atoms with Crippen LogP contribution in [0.2, 0.25) is 0 Å². The summed E-state index contributed by atoms with van der Waals surface area (Å²) in [6.45, 7) is 2.00. The molecule has 0 aromatic heterocycles. The SMILES string of the molecule is CC(O)CNC(=O)c1cccc(OCc2cccc(F)c2)c1. The maximum atomic E-state index is 13.1. The number of aliphatic hydroxyl groups excluding tert-OH is 1. The Kier molecular flexibility index (Phi) is 5.49. The molecule has 1 unspecified atom stereocenters. The molecule has 2 aromatic rings. The fourth-order valence-electron chi connectivity index (χ4n) is 1.86. The lowest BCUT2D eigenvalue weighted by atomic mass is 10.2. The third-order valence-electron chi connectivity index (χ3n) is 2.95. The first kappa shape index (κ1) is 16.0. The standard InChI is InChI=1S/C17H18FNO3/c1-12(20)10-19-17(21)14-5-3-7-16(9-14)22-11-13-4-2-6-15(18)8-13/h2-9,12,20H,10-11H2,1H3,(H,19,21). The predicted octanol–water partition coefficient (Wildman–Crippen LogP) is 2.52. The van der Waals surface area contributed by atoms with Crippen LogP contribution in [0.3, 0.4) is 0 Å². The van der Waals surface area contributed by atoms with Crippen molar-refractivity contribution < 1.29 is 19.0 Å². The summed E-state index contributed by atoms with van der Waals surface area (Å²) in [5, 5.41) is 11.8. The number of nitrogens with one attached hydrogen (secondary N) is 1. The lowest BCUT2D eigenvalue weighted by Gasteiger charge is -2.10. The molecule has 0 saturated heterocycles. The molecule has 0 aliphatic rings. The van der Waals surface area contributed by atoms with Crippen molar-refractivity contribution in [2.75, 3.05) is 6.54 Å². The van der Waals surface area contributed by atoms with E-state index >= 15 is 0 Å². The molecule has 116 valence electrons. The third kappa shape index (κ3) is 4.86. The normalized spacial score (nSPS) is 11.8. The minimum absolute atomic E-state index is 0.188. The monoisotopic (exact) mass is 303 g/mol. The zero-order chi connectivity index (χ0) is 15.9. The van der Waals surface area contributed by atoms with Gasteiger partial charge in [0.2, 0.25) is 0 Å². The number of hydrogen-bond donors (Lipinski definition) is 2. The Morgan fingerprint density at radius 3 is 2.77 bits per heavy atom. The van der Waals surface area contributed by atoms with Gasteiger partial charge in [0.25, 0.3) is 5.91 Å². The van der Waals surface area contributed by atoms with Crippen LogP contribution in [-0.2, 0) is 6.61 Å². The van der Waals surface area contributed by atoms with Crippen molar-refractivity contribution in [3.8, 4) is 5.75 Å². The Hall–Kier alpha value is -2.40. The zero-order valence-corrected chi connectivity index (χ0v) is 12.3. The van der Waals surface area contributed by atoms with E-state index in [2.05, 4.69) is 5.32 Å². The van der Waals surface area contributed by atoms with E-state index in [1.165, 1.54) is 12.1 Å². The van der Waals surface area contributed by atoms with Crippen LogP contribution in [0.25, 0.3) is 0 Å². The number of rotatable bonds is 6. The number of carbonyl (C=O) groups is 1. The fraction of sp³-hybridized carbons (Fsp3) is 0.235. The van der Waals surface area contributed by atoms with Crippen LogP contribution in [0.1, 0.15) is 22.8 Å².